The van der Waals surface area contributed by atoms with Gasteiger partial charge in [0.15, 0.2) is 0 Å². The Labute approximate surface area is 120 Å². The highest BCUT2D eigenvalue weighted by Gasteiger charge is 2.22. The van der Waals surface area contributed by atoms with E-state index in [1.54, 1.807) is 0 Å². The van der Waals surface area contributed by atoms with Gasteiger partial charge >= 0.3 is 5.97 Å². The summed E-state index contributed by atoms with van der Waals surface area (Å²) in [5.41, 5.74) is 0. The maximum Gasteiger partial charge on any atom is 0.307 e. The molecule has 1 atom stereocenters. The van der Waals surface area contributed by atoms with Crippen LogP contribution in [0, 0.1) is 5.92 Å². The topological polar surface area (TPSA) is 83.5 Å². The van der Waals surface area contributed by atoms with Crippen LogP contribution in [0.1, 0.15) is 6.92 Å². The maximum absolute atomic E-state index is 11.8. The molecule has 2 N–H and O–H groups in total. The van der Waals surface area contributed by atoms with Crippen molar-refractivity contribution >= 4 is 59.2 Å². The van der Waals surface area contributed by atoms with E-state index in [2.05, 4.69) is 36.6 Å². The van der Waals surface area contributed by atoms with Gasteiger partial charge in [-0.2, -0.15) is 0 Å². The van der Waals surface area contributed by atoms with E-state index >= 15 is 0 Å². The van der Waals surface area contributed by atoms with E-state index in [0.29, 0.717) is 7.57 Å². The summed E-state index contributed by atoms with van der Waals surface area (Å²) in [5.74, 6) is -1.82. The molecule has 0 aliphatic carbocycles. The Morgan fingerprint density at radius 1 is 1.59 bits per heavy atom. The quantitative estimate of drug-likeness (QED) is 0.785. The molecular formula is C8H9Br2NO4S2. The number of aliphatic carboxylic acids is 1. The van der Waals surface area contributed by atoms with Crippen molar-refractivity contribution in [1.29, 1.82) is 0 Å². The Kier molecular flexibility index (Phi) is 5.14. The lowest BCUT2D eigenvalue weighted by atomic mass is 10.2. The van der Waals surface area contributed by atoms with Gasteiger partial charge < -0.3 is 5.11 Å². The van der Waals surface area contributed by atoms with Crippen LogP contribution in [0.25, 0.3) is 0 Å². The molecule has 96 valence electrons. The molecule has 0 fully saturated rings. The minimum atomic E-state index is -3.68. The molecule has 0 saturated heterocycles. The van der Waals surface area contributed by atoms with Crippen molar-refractivity contribution in [3.63, 3.8) is 0 Å². The molecule has 1 unspecified atom stereocenters. The smallest absolute Gasteiger partial charge is 0.307 e. The molecule has 1 aromatic heterocycles. The van der Waals surface area contributed by atoms with Gasteiger partial charge in [0.05, 0.1) is 13.5 Å². The van der Waals surface area contributed by atoms with E-state index < -0.39 is 21.9 Å². The van der Waals surface area contributed by atoms with Crippen molar-refractivity contribution in [2.75, 3.05) is 6.54 Å². The van der Waals surface area contributed by atoms with E-state index in [0.717, 1.165) is 0 Å². The van der Waals surface area contributed by atoms with Crippen LogP contribution in [-0.2, 0) is 14.8 Å². The van der Waals surface area contributed by atoms with Crippen LogP contribution in [0.15, 0.2) is 18.5 Å². The monoisotopic (exact) mass is 405 g/mol. The average molecular weight is 407 g/mol. The summed E-state index contributed by atoms with van der Waals surface area (Å²) < 4.78 is 27.1. The van der Waals surface area contributed by atoms with Crippen molar-refractivity contribution in [3.8, 4) is 0 Å². The second-order valence-corrected chi connectivity index (χ2v) is 8.76. The predicted octanol–water partition coefficient (Wildman–Crippen LogP) is 2.27. The van der Waals surface area contributed by atoms with E-state index in [1.807, 2.05) is 0 Å². The van der Waals surface area contributed by atoms with E-state index in [1.165, 1.54) is 24.3 Å². The van der Waals surface area contributed by atoms with Crippen molar-refractivity contribution in [2.45, 2.75) is 11.8 Å². The zero-order valence-electron chi connectivity index (χ0n) is 8.61. The predicted molar refractivity (Wildman–Crippen MR) is 71.7 cm³/mol. The molecule has 1 heterocycles. The first-order valence-electron chi connectivity index (χ1n) is 4.41. The zero-order chi connectivity index (χ0) is 13.2. The SMILES string of the molecule is CC(CNS(=O)(=O)c1cc(Br)sc1Br)C(=O)O. The first kappa shape index (κ1) is 15.1. The Balaban J connectivity index is 2.83. The Morgan fingerprint density at radius 3 is 2.59 bits per heavy atom. The summed E-state index contributed by atoms with van der Waals surface area (Å²) >= 11 is 7.56. The largest absolute Gasteiger partial charge is 0.481 e. The first-order valence-corrected chi connectivity index (χ1v) is 8.30. The summed E-state index contributed by atoms with van der Waals surface area (Å²) in [6.45, 7) is 1.29. The molecule has 0 aliphatic heterocycles. The van der Waals surface area contributed by atoms with Crippen molar-refractivity contribution < 1.29 is 18.3 Å². The number of rotatable bonds is 5. The molecule has 1 aromatic rings. The molecule has 0 amide bonds. The van der Waals surface area contributed by atoms with Crippen LogP contribution in [-0.4, -0.2) is 26.0 Å². The third-order valence-electron chi connectivity index (χ3n) is 1.92. The molecule has 0 radical (unpaired) electrons. The second-order valence-electron chi connectivity index (χ2n) is 3.28. The molecule has 0 aromatic carbocycles. The van der Waals surface area contributed by atoms with Gasteiger partial charge in [-0.15, -0.1) is 11.3 Å². The molecule has 9 heteroatoms. The minimum absolute atomic E-state index is 0.104. The zero-order valence-corrected chi connectivity index (χ0v) is 13.4. The highest BCUT2D eigenvalue weighted by molar-refractivity contribution is 9.12. The summed E-state index contributed by atoms with van der Waals surface area (Å²) in [6, 6.07) is 1.46. The average Bonchev–Trinajstić information content (AvgIpc) is 2.55. The third kappa shape index (κ3) is 4.02. The molecule has 0 aliphatic rings. The van der Waals surface area contributed by atoms with Crippen LogP contribution in [0.5, 0.6) is 0 Å². The normalized spacial score (nSPS) is 13.6. The first-order chi connectivity index (χ1) is 7.74. The highest BCUT2D eigenvalue weighted by atomic mass is 79.9. The van der Waals surface area contributed by atoms with Gasteiger partial charge in [-0.3, -0.25) is 4.79 Å². The Bertz CT molecular complexity index is 526. The molecular weight excluding hydrogens is 398 g/mol. The fourth-order valence-electron chi connectivity index (χ4n) is 0.908. The lowest BCUT2D eigenvalue weighted by Gasteiger charge is -2.08. The number of carboxylic acid groups (broad SMARTS) is 1. The van der Waals surface area contributed by atoms with Crippen molar-refractivity contribution in [2.24, 2.45) is 5.92 Å². The van der Waals surface area contributed by atoms with Crippen molar-refractivity contribution in [3.05, 3.63) is 13.6 Å². The van der Waals surface area contributed by atoms with Gasteiger partial charge in [0, 0.05) is 6.54 Å². The fourth-order valence-corrected chi connectivity index (χ4v) is 5.85. The van der Waals surface area contributed by atoms with E-state index in [9.17, 15) is 13.2 Å². The van der Waals surface area contributed by atoms with Gasteiger partial charge in [0.25, 0.3) is 0 Å². The van der Waals surface area contributed by atoms with Crippen LogP contribution in [0.2, 0.25) is 0 Å². The molecule has 0 bridgehead atoms. The highest BCUT2D eigenvalue weighted by Crippen LogP contribution is 2.34. The number of hydrogen-bond donors (Lipinski definition) is 2. The summed E-state index contributed by atoms with van der Waals surface area (Å²) in [6.07, 6.45) is 0. The lowest BCUT2D eigenvalue weighted by Crippen LogP contribution is -2.31. The summed E-state index contributed by atoms with van der Waals surface area (Å²) in [4.78, 5) is 10.7. The maximum atomic E-state index is 11.8. The van der Waals surface area contributed by atoms with Crippen LogP contribution in [0.4, 0.5) is 0 Å². The van der Waals surface area contributed by atoms with Gasteiger partial charge in [0.2, 0.25) is 10.0 Å². The van der Waals surface area contributed by atoms with Gasteiger partial charge in [0.1, 0.15) is 4.90 Å². The molecule has 17 heavy (non-hydrogen) atoms. The molecule has 0 spiro atoms. The lowest BCUT2D eigenvalue weighted by molar-refractivity contribution is -0.140. The standard InChI is InChI=1S/C8H9Br2NO4S2/c1-4(8(12)13)3-11-17(14,15)5-2-6(9)16-7(5)10/h2,4,11H,3H2,1H3,(H,12,13). The minimum Gasteiger partial charge on any atom is -0.481 e. The second kappa shape index (κ2) is 5.79. The number of hydrogen-bond acceptors (Lipinski definition) is 4. The molecule has 5 nitrogen and oxygen atoms in total. The number of nitrogens with one attached hydrogen (secondary N) is 1. The third-order valence-corrected chi connectivity index (χ3v) is 6.09. The van der Waals surface area contributed by atoms with Crippen LogP contribution >= 0.6 is 43.2 Å². The van der Waals surface area contributed by atoms with Crippen LogP contribution < -0.4 is 4.72 Å². The van der Waals surface area contributed by atoms with Crippen molar-refractivity contribution in [1.82, 2.24) is 4.72 Å². The van der Waals surface area contributed by atoms with E-state index in [4.69, 9.17) is 5.11 Å². The van der Waals surface area contributed by atoms with Gasteiger partial charge in [-0.05, 0) is 37.9 Å². The van der Waals surface area contributed by atoms with Gasteiger partial charge in [-0.1, -0.05) is 6.92 Å². The number of sulfonamides is 1. The van der Waals surface area contributed by atoms with Crippen LogP contribution in [0.3, 0.4) is 0 Å². The fraction of sp³-hybridized carbons (Fsp3) is 0.375. The number of thiophene rings is 1. The Hall–Kier alpha value is 0.0400. The molecule has 0 saturated carbocycles. The number of halogens is 2. The number of carbonyl (C=O) groups is 1. The van der Waals surface area contributed by atoms with Gasteiger partial charge in [-0.25, -0.2) is 13.1 Å². The van der Waals surface area contributed by atoms with E-state index in [-0.39, 0.29) is 11.4 Å². The Morgan fingerprint density at radius 2 is 2.18 bits per heavy atom. The summed E-state index contributed by atoms with van der Waals surface area (Å²) in [5, 5.41) is 8.66. The number of carboxylic acids is 1. The summed E-state index contributed by atoms with van der Waals surface area (Å²) in [7, 11) is -3.68. The molecule has 1 rings (SSSR count).